The Morgan fingerprint density at radius 1 is 1.44 bits per heavy atom. The molecule has 2 aromatic rings. The van der Waals surface area contributed by atoms with Crippen molar-refractivity contribution in [2.45, 2.75) is 13.8 Å². The average Bonchev–Trinajstić information content (AvgIpc) is 2.52. The largest absolute Gasteiger partial charge is 0.397 e. The molecule has 2 rings (SSSR count). The Bertz CT molecular complexity index is 606. The quantitative estimate of drug-likeness (QED) is 0.820. The summed E-state index contributed by atoms with van der Waals surface area (Å²) in [4.78, 5) is 16.5. The highest BCUT2D eigenvalue weighted by molar-refractivity contribution is 7.21. The molecule has 0 aliphatic carbocycles. The number of fused-ring (bicyclic) bond motifs is 1. The van der Waals surface area contributed by atoms with Crippen molar-refractivity contribution in [3.63, 3.8) is 0 Å². The molecule has 0 aromatic carbocycles. The number of carbonyl (C=O) groups is 1. The van der Waals surface area contributed by atoms with E-state index < -0.39 is 5.91 Å². The average molecular weight is 256 g/mol. The summed E-state index contributed by atoms with van der Waals surface area (Å²) in [6.45, 7) is 3.67. The van der Waals surface area contributed by atoms with E-state index >= 15 is 0 Å². The molecule has 0 fully saturated rings. The molecule has 0 aliphatic heterocycles. The lowest BCUT2D eigenvalue weighted by Gasteiger charge is -2.03. The van der Waals surface area contributed by atoms with Crippen molar-refractivity contribution in [1.82, 2.24) is 4.98 Å². The number of aromatic nitrogens is 1. The maximum atomic E-state index is 11.2. The van der Waals surface area contributed by atoms with Gasteiger partial charge in [-0.1, -0.05) is 11.6 Å². The minimum atomic E-state index is -0.534. The van der Waals surface area contributed by atoms with Crippen LogP contribution in [0, 0.1) is 13.8 Å². The van der Waals surface area contributed by atoms with Gasteiger partial charge in [0.2, 0.25) is 0 Å². The molecule has 0 spiro atoms. The highest BCUT2D eigenvalue weighted by Gasteiger charge is 2.18. The topological polar surface area (TPSA) is 82.0 Å². The zero-order chi connectivity index (χ0) is 12.0. The summed E-state index contributed by atoms with van der Waals surface area (Å²) in [6.07, 6.45) is 0. The van der Waals surface area contributed by atoms with Gasteiger partial charge >= 0.3 is 0 Å². The minimum absolute atomic E-state index is 0.340. The summed E-state index contributed by atoms with van der Waals surface area (Å²) in [7, 11) is 0. The highest BCUT2D eigenvalue weighted by Crippen LogP contribution is 2.37. The third kappa shape index (κ3) is 1.44. The molecular formula is C10H10ClN3OS. The van der Waals surface area contributed by atoms with Crippen LogP contribution < -0.4 is 11.5 Å². The van der Waals surface area contributed by atoms with Gasteiger partial charge in [0, 0.05) is 5.39 Å². The van der Waals surface area contributed by atoms with E-state index in [1.807, 2.05) is 13.8 Å². The van der Waals surface area contributed by atoms with E-state index in [0.29, 0.717) is 20.4 Å². The first-order valence-electron chi connectivity index (χ1n) is 4.58. The lowest BCUT2D eigenvalue weighted by Crippen LogP contribution is -2.10. The van der Waals surface area contributed by atoms with E-state index in [2.05, 4.69) is 4.98 Å². The van der Waals surface area contributed by atoms with E-state index in [1.165, 1.54) is 11.3 Å². The van der Waals surface area contributed by atoms with Gasteiger partial charge in [-0.2, -0.15) is 0 Å². The minimum Gasteiger partial charge on any atom is -0.397 e. The van der Waals surface area contributed by atoms with Crippen LogP contribution >= 0.6 is 22.9 Å². The van der Waals surface area contributed by atoms with Crippen molar-refractivity contribution in [2.75, 3.05) is 5.73 Å². The normalized spacial score (nSPS) is 10.9. The lowest BCUT2D eigenvalue weighted by molar-refractivity contribution is 0.100. The molecule has 6 heteroatoms. The first kappa shape index (κ1) is 11.2. The van der Waals surface area contributed by atoms with Gasteiger partial charge < -0.3 is 11.5 Å². The molecule has 0 bridgehead atoms. The smallest absolute Gasteiger partial charge is 0.260 e. The van der Waals surface area contributed by atoms with Crippen molar-refractivity contribution in [3.8, 4) is 0 Å². The maximum Gasteiger partial charge on any atom is 0.260 e. The number of pyridine rings is 1. The molecular weight excluding hydrogens is 246 g/mol. The molecule has 16 heavy (non-hydrogen) atoms. The van der Waals surface area contributed by atoms with Crippen LogP contribution in [0.25, 0.3) is 10.2 Å². The van der Waals surface area contributed by atoms with Crippen LogP contribution in [0.15, 0.2) is 0 Å². The molecule has 4 nitrogen and oxygen atoms in total. The van der Waals surface area contributed by atoms with Crippen LogP contribution in [0.3, 0.4) is 0 Å². The third-order valence-electron chi connectivity index (χ3n) is 2.44. The van der Waals surface area contributed by atoms with Crippen LogP contribution in [0.5, 0.6) is 0 Å². The number of nitrogens with two attached hydrogens (primary N) is 2. The third-order valence-corrected chi connectivity index (χ3v) is 4.11. The van der Waals surface area contributed by atoms with E-state index in [1.54, 1.807) is 0 Å². The lowest BCUT2D eigenvalue weighted by atomic mass is 10.1. The Labute approximate surface area is 101 Å². The Balaban J connectivity index is 2.93. The summed E-state index contributed by atoms with van der Waals surface area (Å²) in [5.41, 5.74) is 13.0. The molecule has 84 valence electrons. The van der Waals surface area contributed by atoms with Crippen molar-refractivity contribution in [3.05, 3.63) is 21.2 Å². The molecule has 1 amide bonds. The Kier molecular flexibility index (Phi) is 2.52. The molecule has 0 atom stereocenters. The highest BCUT2D eigenvalue weighted by atomic mass is 35.5. The second kappa shape index (κ2) is 3.61. The zero-order valence-corrected chi connectivity index (χ0v) is 10.4. The van der Waals surface area contributed by atoms with Crippen LogP contribution in [-0.2, 0) is 0 Å². The monoisotopic (exact) mass is 255 g/mol. The number of aryl methyl sites for hydroxylation is 2. The number of nitrogens with zero attached hydrogens (tertiary/aromatic N) is 1. The maximum absolute atomic E-state index is 11.2. The molecule has 0 radical (unpaired) electrons. The fourth-order valence-electron chi connectivity index (χ4n) is 1.64. The van der Waals surface area contributed by atoms with Crippen LogP contribution in [0.2, 0.25) is 5.02 Å². The van der Waals surface area contributed by atoms with Crippen molar-refractivity contribution < 1.29 is 4.79 Å². The number of nitrogen functional groups attached to an aromatic ring is 1. The molecule has 2 aromatic heterocycles. The number of hydrogen-bond donors (Lipinski definition) is 2. The number of primary amides is 1. The van der Waals surface area contributed by atoms with Gasteiger partial charge in [0.25, 0.3) is 5.91 Å². The number of carbonyl (C=O) groups excluding carboxylic acids is 1. The second-order valence-corrected chi connectivity index (χ2v) is 4.90. The van der Waals surface area contributed by atoms with E-state index in [-0.39, 0.29) is 0 Å². The van der Waals surface area contributed by atoms with E-state index in [0.717, 1.165) is 16.6 Å². The number of thiophene rings is 1. The first-order valence-corrected chi connectivity index (χ1v) is 5.77. The predicted molar refractivity (Wildman–Crippen MR) is 67.0 cm³/mol. The molecule has 0 saturated heterocycles. The predicted octanol–water partition coefficient (Wildman–Crippen LogP) is 2.25. The standard InChI is InChI=1S/C10H10ClN3OS/c1-3-5-7(12)8(9(13)15)16-10(5)14-4(2)6(3)11/h12H2,1-2H3,(H2,13,15). The van der Waals surface area contributed by atoms with Gasteiger partial charge in [-0.15, -0.1) is 11.3 Å². The summed E-state index contributed by atoms with van der Waals surface area (Å²) in [6, 6.07) is 0. The van der Waals surface area contributed by atoms with Gasteiger partial charge in [0.1, 0.15) is 9.71 Å². The second-order valence-electron chi connectivity index (χ2n) is 3.53. The number of rotatable bonds is 1. The number of anilines is 1. The van der Waals surface area contributed by atoms with Gasteiger partial charge in [-0.25, -0.2) is 4.98 Å². The Morgan fingerprint density at radius 3 is 2.62 bits per heavy atom. The number of halogens is 1. The van der Waals surface area contributed by atoms with Crippen LogP contribution in [0.1, 0.15) is 20.9 Å². The summed E-state index contributed by atoms with van der Waals surface area (Å²) in [5.74, 6) is -0.534. The van der Waals surface area contributed by atoms with Crippen molar-refractivity contribution in [2.24, 2.45) is 5.73 Å². The number of amides is 1. The van der Waals surface area contributed by atoms with Gasteiger partial charge in [0.15, 0.2) is 0 Å². The van der Waals surface area contributed by atoms with E-state index in [4.69, 9.17) is 23.1 Å². The van der Waals surface area contributed by atoms with Crippen LogP contribution in [0.4, 0.5) is 5.69 Å². The molecule has 0 aliphatic rings. The van der Waals surface area contributed by atoms with E-state index in [9.17, 15) is 4.79 Å². The zero-order valence-electron chi connectivity index (χ0n) is 8.80. The molecule has 4 N–H and O–H groups in total. The SMILES string of the molecule is Cc1nc2sc(C(N)=O)c(N)c2c(C)c1Cl. The van der Waals surface area contributed by atoms with Crippen LogP contribution in [-0.4, -0.2) is 10.9 Å². The van der Waals surface area contributed by atoms with Gasteiger partial charge in [-0.3, -0.25) is 4.79 Å². The molecule has 0 unspecified atom stereocenters. The van der Waals surface area contributed by atoms with Crippen molar-refractivity contribution >= 4 is 44.7 Å². The van der Waals surface area contributed by atoms with Gasteiger partial charge in [0.05, 0.1) is 16.4 Å². The van der Waals surface area contributed by atoms with Gasteiger partial charge in [-0.05, 0) is 19.4 Å². The first-order chi connectivity index (χ1) is 7.43. The summed E-state index contributed by atoms with van der Waals surface area (Å²) in [5, 5.41) is 1.31. The fraction of sp³-hybridized carbons (Fsp3) is 0.200. The molecule has 2 heterocycles. The Hall–Kier alpha value is -1.33. The Morgan fingerprint density at radius 2 is 2.06 bits per heavy atom. The fourth-order valence-corrected chi connectivity index (χ4v) is 2.83. The van der Waals surface area contributed by atoms with Crippen molar-refractivity contribution in [1.29, 1.82) is 0 Å². The molecule has 0 saturated carbocycles. The number of hydrogen-bond acceptors (Lipinski definition) is 4. The summed E-state index contributed by atoms with van der Waals surface area (Å²) < 4.78 is 0. The summed E-state index contributed by atoms with van der Waals surface area (Å²) >= 11 is 7.29.